The van der Waals surface area contributed by atoms with Gasteiger partial charge >= 0.3 is 0 Å². The first-order valence-corrected chi connectivity index (χ1v) is 11.7. The van der Waals surface area contributed by atoms with Gasteiger partial charge in [-0.25, -0.2) is 5.01 Å². The smallest absolute Gasteiger partial charge is 0.215 e. The average Bonchev–Trinajstić information content (AvgIpc) is 3.30. The summed E-state index contributed by atoms with van der Waals surface area (Å²) in [6, 6.07) is 32.8. The number of hydrazone groups is 1. The zero-order valence-corrected chi connectivity index (χ0v) is 19.2. The second kappa shape index (κ2) is 8.26. The summed E-state index contributed by atoms with van der Waals surface area (Å²) in [4.78, 5) is 0. The highest BCUT2D eigenvalue weighted by atomic mass is 35.5. The standard InChI is InChI=1S/C28H20Cl2N2O/c29-21-14-15-22(24(30)16-21)28-32-26(23-8-4-5-9-27(23)33-28)17-25(31-32)20-12-10-19(11-13-20)18-6-2-1-3-7-18/h1-16,26,28H,17H2. The molecule has 0 saturated carbocycles. The van der Waals surface area contributed by atoms with E-state index in [1.807, 2.05) is 41.4 Å². The first-order chi connectivity index (χ1) is 16.2. The Kier molecular flexibility index (Phi) is 5.09. The van der Waals surface area contributed by atoms with Crippen molar-refractivity contribution >= 4 is 28.9 Å². The molecule has 33 heavy (non-hydrogen) atoms. The van der Waals surface area contributed by atoms with E-state index in [1.54, 1.807) is 6.07 Å². The van der Waals surface area contributed by atoms with E-state index in [-0.39, 0.29) is 6.04 Å². The topological polar surface area (TPSA) is 24.8 Å². The van der Waals surface area contributed by atoms with Gasteiger partial charge in [0.25, 0.3) is 0 Å². The number of rotatable bonds is 3. The maximum Gasteiger partial charge on any atom is 0.215 e. The number of halogens is 2. The van der Waals surface area contributed by atoms with Crippen LogP contribution in [0.3, 0.4) is 0 Å². The SMILES string of the molecule is Clc1ccc(C2Oc3ccccc3C3CC(c4ccc(-c5ccccc5)cc4)=NN32)c(Cl)c1. The Labute approximate surface area is 202 Å². The molecular weight excluding hydrogens is 451 g/mol. The highest BCUT2D eigenvalue weighted by Crippen LogP contribution is 2.48. The lowest BCUT2D eigenvalue weighted by molar-refractivity contribution is -0.0189. The van der Waals surface area contributed by atoms with Crippen LogP contribution < -0.4 is 4.74 Å². The fourth-order valence-corrected chi connectivity index (χ4v) is 5.10. The first kappa shape index (κ1) is 20.3. The molecule has 0 spiro atoms. The second-order valence-electron chi connectivity index (χ2n) is 8.26. The number of ether oxygens (including phenoxy) is 1. The fourth-order valence-electron chi connectivity index (χ4n) is 4.60. The Balaban J connectivity index is 1.38. The summed E-state index contributed by atoms with van der Waals surface area (Å²) in [5, 5.41) is 8.24. The highest BCUT2D eigenvalue weighted by molar-refractivity contribution is 6.35. The quantitative estimate of drug-likeness (QED) is 0.303. The molecule has 0 fully saturated rings. The predicted octanol–water partition coefficient (Wildman–Crippen LogP) is 7.90. The summed E-state index contributed by atoms with van der Waals surface area (Å²) in [5.41, 5.74) is 6.53. The van der Waals surface area contributed by atoms with Crippen LogP contribution in [0.5, 0.6) is 5.75 Å². The molecular formula is C28H20Cl2N2O. The fraction of sp³-hybridized carbons (Fsp3) is 0.107. The Bertz CT molecular complexity index is 1350. The van der Waals surface area contributed by atoms with Gasteiger partial charge in [-0.3, -0.25) is 0 Å². The molecule has 6 rings (SSSR count). The van der Waals surface area contributed by atoms with Crippen LogP contribution >= 0.6 is 23.2 Å². The van der Waals surface area contributed by atoms with Crippen molar-refractivity contribution in [3.05, 3.63) is 124 Å². The highest BCUT2D eigenvalue weighted by Gasteiger charge is 2.41. The van der Waals surface area contributed by atoms with Crippen LogP contribution in [-0.2, 0) is 0 Å². The lowest BCUT2D eigenvalue weighted by atomic mass is 9.95. The second-order valence-corrected chi connectivity index (χ2v) is 9.11. The van der Waals surface area contributed by atoms with Crippen LogP contribution in [0.25, 0.3) is 11.1 Å². The van der Waals surface area contributed by atoms with Gasteiger partial charge in [0.2, 0.25) is 6.23 Å². The molecule has 0 amide bonds. The van der Waals surface area contributed by atoms with E-state index in [1.165, 1.54) is 11.1 Å². The molecule has 2 atom stereocenters. The van der Waals surface area contributed by atoms with Crippen LogP contribution in [0.4, 0.5) is 0 Å². The maximum atomic E-state index is 6.57. The summed E-state index contributed by atoms with van der Waals surface area (Å²) in [6.45, 7) is 0. The van der Waals surface area contributed by atoms with Crippen molar-refractivity contribution in [2.45, 2.75) is 18.7 Å². The first-order valence-electron chi connectivity index (χ1n) is 10.9. The van der Waals surface area contributed by atoms with Gasteiger partial charge in [0.15, 0.2) is 0 Å². The van der Waals surface area contributed by atoms with Gasteiger partial charge < -0.3 is 4.74 Å². The van der Waals surface area contributed by atoms with Gasteiger partial charge in [0, 0.05) is 22.6 Å². The largest absolute Gasteiger partial charge is 0.464 e. The monoisotopic (exact) mass is 470 g/mol. The summed E-state index contributed by atoms with van der Waals surface area (Å²) < 4.78 is 6.41. The van der Waals surface area contributed by atoms with Crippen LogP contribution in [0.2, 0.25) is 10.0 Å². The minimum absolute atomic E-state index is 0.0792. The Morgan fingerprint density at radius 3 is 2.21 bits per heavy atom. The van der Waals surface area contributed by atoms with E-state index in [2.05, 4.69) is 54.6 Å². The predicted molar refractivity (Wildman–Crippen MR) is 134 cm³/mol. The Morgan fingerprint density at radius 2 is 1.42 bits per heavy atom. The number of nitrogens with zero attached hydrogens (tertiary/aromatic N) is 2. The van der Waals surface area contributed by atoms with Gasteiger partial charge in [0.05, 0.1) is 16.8 Å². The zero-order chi connectivity index (χ0) is 22.4. The lowest BCUT2D eigenvalue weighted by Gasteiger charge is -2.38. The third kappa shape index (κ3) is 3.68. The van der Waals surface area contributed by atoms with Crippen molar-refractivity contribution in [2.75, 3.05) is 0 Å². The molecule has 5 heteroatoms. The van der Waals surface area contributed by atoms with Gasteiger partial charge in [-0.1, -0.05) is 102 Å². The van der Waals surface area contributed by atoms with Crippen molar-refractivity contribution in [3.8, 4) is 16.9 Å². The average molecular weight is 471 g/mol. The molecule has 0 N–H and O–H groups in total. The van der Waals surface area contributed by atoms with Crippen molar-refractivity contribution in [2.24, 2.45) is 5.10 Å². The lowest BCUT2D eigenvalue weighted by Crippen LogP contribution is -2.33. The molecule has 2 unspecified atom stereocenters. The number of hydrogen-bond donors (Lipinski definition) is 0. The van der Waals surface area contributed by atoms with Crippen LogP contribution in [0, 0.1) is 0 Å². The molecule has 0 aliphatic carbocycles. The third-order valence-electron chi connectivity index (χ3n) is 6.25. The van der Waals surface area contributed by atoms with E-state index >= 15 is 0 Å². The molecule has 2 aliphatic rings. The summed E-state index contributed by atoms with van der Waals surface area (Å²) in [7, 11) is 0. The summed E-state index contributed by atoms with van der Waals surface area (Å²) >= 11 is 12.7. The molecule has 4 aromatic carbocycles. The molecule has 2 heterocycles. The van der Waals surface area contributed by atoms with Crippen molar-refractivity contribution in [1.29, 1.82) is 0 Å². The molecule has 4 aromatic rings. The van der Waals surface area contributed by atoms with E-state index < -0.39 is 6.23 Å². The zero-order valence-electron chi connectivity index (χ0n) is 17.7. The number of hydrogen-bond acceptors (Lipinski definition) is 3. The van der Waals surface area contributed by atoms with Gasteiger partial charge in [-0.2, -0.15) is 5.10 Å². The van der Waals surface area contributed by atoms with E-state index in [4.69, 9.17) is 33.0 Å². The minimum Gasteiger partial charge on any atom is -0.464 e. The normalized spacial score (nSPS) is 18.8. The van der Waals surface area contributed by atoms with Gasteiger partial charge in [-0.05, 0) is 34.9 Å². The van der Waals surface area contributed by atoms with E-state index in [0.717, 1.165) is 34.6 Å². The summed E-state index contributed by atoms with van der Waals surface area (Å²) in [5.74, 6) is 0.866. The number of fused-ring (bicyclic) bond motifs is 3. The maximum absolute atomic E-state index is 6.57. The van der Waals surface area contributed by atoms with Crippen molar-refractivity contribution < 1.29 is 4.74 Å². The van der Waals surface area contributed by atoms with E-state index in [0.29, 0.717) is 10.0 Å². The third-order valence-corrected chi connectivity index (χ3v) is 6.82. The number of para-hydroxylation sites is 1. The van der Waals surface area contributed by atoms with Crippen molar-refractivity contribution in [3.63, 3.8) is 0 Å². The molecule has 0 saturated heterocycles. The molecule has 2 aliphatic heterocycles. The molecule has 162 valence electrons. The molecule has 3 nitrogen and oxygen atoms in total. The minimum atomic E-state index is -0.421. The number of benzene rings is 4. The molecule has 0 bridgehead atoms. The van der Waals surface area contributed by atoms with Crippen LogP contribution in [-0.4, -0.2) is 10.7 Å². The molecule has 0 radical (unpaired) electrons. The summed E-state index contributed by atoms with van der Waals surface area (Å²) in [6.07, 6.45) is 0.378. The van der Waals surface area contributed by atoms with Crippen molar-refractivity contribution in [1.82, 2.24) is 5.01 Å². The Hall–Kier alpha value is -3.27. The van der Waals surface area contributed by atoms with Crippen LogP contribution in [0.15, 0.2) is 102 Å². The van der Waals surface area contributed by atoms with Gasteiger partial charge in [-0.15, -0.1) is 0 Å². The van der Waals surface area contributed by atoms with Crippen LogP contribution in [0.1, 0.15) is 35.4 Å². The van der Waals surface area contributed by atoms with E-state index in [9.17, 15) is 0 Å². The van der Waals surface area contributed by atoms with Gasteiger partial charge in [0.1, 0.15) is 5.75 Å². The Morgan fingerprint density at radius 1 is 0.727 bits per heavy atom. The molecule has 0 aromatic heterocycles.